The van der Waals surface area contributed by atoms with E-state index in [0.29, 0.717) is 23.7 Å². The van der Waals surface area contributed by atoms with E-state index in [1.165, 1.54) is 64.9 Å². The molecule has 0 N–H and O–H groups in total. The second-order valence-corrected chi connectivity index (χ2v) is 19.2. The molecule has 2 heterocycles. The van der Waals surface area contributed by atoms with Gasteiger partial charge in [0.05, 0.1) is 22.7 Å². The Hall–Kier alpha value is -4.64. The number of para-hydroxylation sites is 4. The maximum absolute atomic E-state index is 2.63. The van der Waals surface area contributed by atoms with Crippen molar-refractivity contribution in [3.63, 3.8) is 0 Å². The van der Waals surface area contributed by atoms with Crippen molar-refractivity contribution < 1.29 is 0 Å². The maximum Gasteiger partial charge on any atom is 0.0601 e. The number of allylic oxidation sites excluding steroid dienone is 6. The summed E-state index contributed by atoms with van der Waals surface area (Å²) in [7, 11) is 0. The number of nitrogens with zero attached hydrogens (tertiary/aromatic N) is 2. The average molecular weight is 737 g/mol. The zero-order chi connectivity index (χ0) is 36.7. The molecule has 11 rings (SSSR count). The molecule has 4 aliphatic carbocycles. The number of benzene rings is 5. The Labute approximate surface area is 328 Å². The molecule has 266 valence electrons. The lowest BCUT2D eigenvalue weighted by Crippen LogP contribution is -2.32. The minimum absolute atomic E-state index is 0.0505. The van der Waals surface area contributed by atoms with Gasteiger partial charge in [0.2, 0.25) is 0 Å². The number of anilines is 4. The summed E-state index contributed by atoms with van der Waals surface area (Å²) in [6, 6.07) is 35.6. The summed E-state index contributed by atoms with van der Waals surface area (Å²) in [5.41, 5.74) is 16.9. The second-order valence-electron chi connectivity index (χ2n) is 17.0. The first-order valence-corrected chi connectivity index (χ1v) is 21.1. The summed E-state index contributed by atoms with van der Waals surface area (Å²) in [5.74, 6) is 1.41. The Balaban J connectivity index is 1.04. The first-order valence-electron chi connectivity index (χ1n) is 19.4. The van der Waals surface area contributed by atoms with E-state index in [1.54, 1.807) is 22.3 Å². The van der Waals surface area contributed by atoms with E-state index in [1.807, 2.05) is 23.5 Å². The summed E-state index contributed by atoms with van der Waals surface area (Å²) < 4.78 is 0. The summed E-state index contributed by atoms with van der Waals surface area (Å²) in [6.07, 6.45) is 15.2. The molecule has 0 saturated carbocycles. The van der Waals surface area contributed by atoms with Gasteiger partial charge in [0.1, 0.15) is 0 Å². The van der Waals surface area contributed by atoms with Crippen LogP contribution in [0.3, 0.4) is 0 Å². The molecule has 0 aromatic heterocycles. The van der Waals surface area contributed by atoms with Crippen LogP contribution < -0.4 is 9.80 Å². The number of fused-ring (bicyclic) bond motifs is 11. The van der Waals surface area contributed by atoms with Crippen molar-refractivity contribution in [1.82, 2.24) is 0 Å². The molecule has 4 heteroatoms. The van der Waals surface area contributed by atoms with Crippen molar-refractivity contribution in [2.75, 3.05) is 9.80 Å². The quantitative estimate of drug-likeness (QED) is 0.178. The van der Waals surface area contributed by atoms with Gasteiger partial charge in [-0.15, -0.1) is 0 Å². The fourth-order valence-corrected chi connectivity index (χ4v) is 13.1. The molecule has 4 unspecified atom stereocenters. The van der Waals surface area contributed by atoms with Crippen LogP contribution in [0.4, 0.5) is 22.7 Å². The molecule has 0 spiro atoms. The first kappa shape index (κ1) is 32.8. The molecular weight excluding hydrogens is 693 g/mol. The van der Waals surface area contributed by atoms with Crippen LogP contribution in [-0.2, 0) is 10.8 Å². The second kappa shape index (κ2) is 11.4. The lowest BCUT2D eigenvalue weighted by Gasteiger charge is -2.39. The van der Waals surface area contributed by atoms with E-state index in [2.05, 4.69) is 185 Å². The standard InChI is InChI=1S/C50H44N2S2/c1-29-30(2)46-34-26-24-32(52-39-17-9-13-21-43(39)54-44-22-14-10-18-40(44)52)28-36(34)50(5,6)48(46)47-45(29)33-25-23-31(27-35(33)49(47,3)4)51-37-15-7-11-19-41(37)53-42-20-12-8-16-38(42)51/h7-28,33-36H,1-6H3. The third kappa shape index (κ3) is 4.33. The molecule has 2 aliphatic heterocycles. The van der Waals surface area contributed by atoms with Crippen LogP contribution in [0, 0.1) is 25.7 Å². The Morgan fingerprint density at radius 1 is 0.463 bits per heavy atom. The normalized spacial score (nSPS) is 24.3. The molecule has 5 aromatic rings. The average Bonchev–Trinajstić information content (AvgIpc) is 3.56. The van der Waals surface area contributed by atoms with Crippen molar-refractivity contribution in [2.24, 2.45) is 11.8 Å². The van der Waals surface area contributed by atoms with Gasteiger partial charge >= 0.3 is 0 Å². The monoisotopic (exact) mass is 736 g/mol. The van der Waals surface area contributed by atoms with Crippen LogP contribution in [0.15, 0.2) is 164 Å². The highest BCUT2D eigenvalue weighted by atomic mass is 32.2. The molecule has 0 saturated heterocycles. The van der Waals surface area contributed by atoms with E-state index >= 15 is 0 Å². The van der Waals surface area contributed by atoms with E-state index in [9.17, 15) is 0 Å². The third-order valence-corrected chi connectivity index (χ3v) is 15.8. The van der Waals surface area contributed by atoms with Crippen molar-refractivity contribution in [2.45, 2.75) is 83.8 Å². The minimum atomic E-state index is -0.0505. The van der Waals surface area contributed by atoms with E-state index < -0.39 is 0 Å². The summed E-state index contributed by atoms with van der Waals surface area (Å²) >= 11 is 3.76. The maximum atomic E-state index is 2.63. The molecule has 0 amide bonds. The largest absolute Gasteiger partial charge is 0.309 e. The number of hydrogen-bond acceptors (Lipinski definition) is 4. The lowest BCUT2D eigenvalue weighted by atomic mass is 9.68. The molecule has 5 aromatic carbocycles. The van der Waals surface area contributed by atoms with Crippen molar-refractivity contribution in [3.05, 3.63) is 178 Å². The molecule has 4 atom stereocenters. The van der Waals surface area contributed by atoms with E-state index in [-0.39, 0.29) is 10.8 Å². The molecule has 2 nitrogen and oxygen atoms in total. The minimum Gasteiger partial charge on any atom is -0.309 e. The van der Waals surface area contributed by atoms with Crippen LogP contribution in [0.1, 0.15) is 72.9 Å². The summed E-state index contributed by atoms with van der Waals surface area (Å²) in [5, 5.41) is 0. The highest BCUT2D eigenvalue weighted by molar-refractivity contribution is 8.00. The molecule has 0 fully saturated rings. The molecular formula is C50H44N2S2. The SMILES string of the molecule is Cc1c(C)c2c(c3c1C1C=CC(N4c5ccccc5Sc5ccccc54)=CC1C3(C)C)C(C)(C)C1C=C(N3c4ccccc4Sc4ccccc43)C=CC21. The van der Waals surface area contributed by atoms with Crippen LogP contribution in [0.5, 0.6) is 0 Å². The van der Waals surface area contributed by atoms with E-state index in [4.69, 9.17) is 0 Å². The predicted octanol–water partition coefficient (Wildman–Crippen LogP) is 13.8. The van der Waals surface area contributed by atoms with Gasteiger partial charge in [0, 0.05) is 42.8 Å². The van der Waals surface area contributed by atoms with Gasteiger partial charge in [-0.3, -0.25) is 0 Å². The zero-order valence-corrected chi connectivity index (χ0v) is 33.4. The van der Waals surface area contributed by atoms with Crippen LogP contribution >= 0.6 is 23.5 Å². The Bertz CT molecular complexity index is 2310. The Morgan fingerprint density at radius 2 is 0.778 bits per heavy atom. The van der Waals surface area contributed by atoms with Gasteiger partial charge in [-0.2, -0.15) is 0 Å². The topological polar surface area (TPSA) is 6.48 Å². The fraction of sp³-hybridized carbons (Fsp3) is 0.240. The summed E-state index contributed by atoms with van der Waals surface area (Å²) in [4.78, 5) is 10.3. The van der Waals surface area contributed by atoms with Crippen molar-refractivity contribution in [1.29, 1.82) is 0 Å². The van der Waals surface area contributed by atoms with Gasteiger partial charge in [-0.05, 0) is 131 Å². The van der Waals surface area contributed by atoms with Crippen molar-refractivity contribution in [3.8, 4) is 0 Å². The summed E-state index contributed by atoms with van der Waals surface area (Å²) in [6.45, 7) is 15.0. The van der Waals surface area contributed by atoms with Crippen molar-refractivity contribution >= 4 is 46.3 Å². The van der Waals surface area contributed by atoms with E-state index in [0.717, 1.165) is 0 Å². The van der Waals surface area contributed by atoms with Crippen LogP contribution in [0.2, 0.25) is 0 Å². The molecule has 0 radical (unpaired) electrons. The van der Waals surface area contributed by atoms with Gasteiger partial charge < -0.3 is 9.80 Å². The van der Waals surface area contributed by atoms with Gasteiger partial charge in [-0.25, -0.2) is 0 Å². The Morgan fingerprint density at radius 3 is 1.11 bits per heavy atom. The van der Waals surface area contributed by atoms with Crippen LogP contribution in [-0.4, -0.2) is 0 Å². The highest BCUT2D eigenvalue weighted by Crippen LogP contribution is 2.65. The molecule has 0 bridgehead atoms. The predicted molar refractivity (Wildman–Crippen MR) is 227 cm³/mol. The van der Waals surface area contributed by atoms with Gasteiger partial charge in [-0.1, -0.05) is 124 Å². The van der Waals surface area contributed by atoms with Crippen LogP contribution in [0.25, 0.3) is 0 Å². The Kier molecular flexibility index (Phi) is 6.94. The number of rotatable bonds is 2. The van der Waals surface area contributed by atoms with Gasteiger partial charge in [0.15, 0.2) is 0 Å². The zero-order valence-electron chi connectivity index (χ0n) is 31.7. The number of hydrogen-bond donors (Lipinski definition) is 0. The third-order valence-electron chi connectivity index (χ3n) is 13.6. The highest BCUT2D eigenvalue weighted by Gasteiger charge is 2.55. The molecule has 6 aliphatic rings. The fourth-order valence-electron chi connectivity index (χ4n) is 11.0. The first-order chi connectivity index (χ1) is 26.1. The van der Waals surface area contributed by atoms with Gasteiger partial charge in [0.25, 0.3) is 0 Å². The smallest absolute Gasteiger partial charge is 0.0601 e. The lowest BCUT2D eigenvalue weighted by molar-refractivity contribution is 0.365. The molecule has 54 heavy (non-hydrogen) atoms.